The van der Waals surface area contributed by atoms with Gasteiger partial charge in [-0.2, -0.15) is 5.26 Å². The van der Waals surface area contributed by atoms with Crippen molar-refractivity contribution in [3.8, 4) is 11.8 Å². The van der Waals surface area contributed by atoms with Gasteiger partial charge in [-0.15, -0.1) is 0 Å². The Morgan fingerprint density at radius 1 is 1.17 bits per heavy atom. The van der Waals surface area contributed by atoms with Crippen molar-refractivity contribution in [2.75, 3.05) is 5.32 Å². The fraction of sp³-hybridized carbons (Fsp3) is 0.227. The molecule has 0 saturated carbocycles. The summed E-state index contributed by atoms with van der Waals surface area (Å²) in [5.41, 5.74) is 1.69. The number of phenols is 1. The lowest BCUT2D eigenvalue weighted by molar-refractivity contribution is -0.131. The number of aromatic hydroxyl groups is 1. The topological polar surface area (TPSA) is 120 Å². The van der Waals surface area contributed by atoms with E-state index in [4.69, 9.17) is 15.1 Å². The molecule has 150 valence electrons. The van der Waals surface area contributed by atoms with Gasteiger partial charge < -0.3 is 14.9 Å². The molecule has 0 radical (unpaired) electrons. The molecule has 0 spiro atoms. The molecular weight excluding hydrogens is 372 g/mol. The highest BCUT2D eigenvalue weighted by Crippen LogP contribution is 2.31. The van der Waals surface area contributed by atoms with Crippen LogP contribution in [0.15, 0.2) is 60.7 Å². The molecule has 29 heavy (non-hydrogen) atoms. The van der Waals surface area contributed by atoms with Gasteiger partial charge in [-0.1, -0.05) is 25.1 Å². The average molecular weight is 394 g/mol. The van der Waals surface area contributed by atoms with E-state index in [0.29, 0.717) is 29.7 Å². The lowest BCUT2D eigenvalue weighted by Gasteiger charge is -2.24. The molecule has 2 aromatic rings. The number of aliphatic carboxylic acids is 1. The number of phenolic OH excluding ortho intramolecular Hbond substituents is 1. The van der Waals surface area contributed by atoms with Crippen LogP contribution in [0.5, 0.6) is 5.75 Å². The summed E-state index contributed by atoms with van der Waals surface area (Å²) in [6.45, 7) is 1.90. The maximum absolute atomic E-state index is 12.4. The van der Waals surface area contributed by atoms with Crippen LogP contribution in [0.2, 0.25) is 0 Å². The molecule has 0 aliphatic heterocycles. The second-order valence-corrected chi connectivity index (χ2v) is 6.53. The van der Waals surface area contributed by atoms with E-state index < -0.39 is 18.2 Å². The number of benzene rings is 2. The molecule has 0 bridgehead atoms. The fourth-order valence-corrected chi connectivity index (χ4v) is 2.76. The van der Waals surface area contributed by atoms with Crippen LogP contribution in [0, 0.1) is 17.2 Å². The Kier molecular flexibility index (Phi) is 7.80. The average Bonchev–Trinajstić information content (AvgIpc) is 2.70. The van der Waals surface area contributed by atoms with E-state index in [1.54, 1.807) is 42.5 Å². The summed E-state index contributed by atoms with van der Waals surface area (Å²) >= 11 is 0. The van der Waals surface area contributed by atoms with Crippen LogP contribution in [-0.2, 0) is 9.53 Å². The maximum Gasteiger partial charge on any atom is 0.412 e. The van der Waals surface area contributed by atoms with Crippen molar-refractivity contribution >= 4 is 17.7 Å². The highest BCUT2D eigenvalue weighted by molar-refractivity contribution is 5.84. The van der Waals surface area contributed by atoms with Crippen molar-refractivity contribution in [2.45, 2.75) is 25.9 Å². The zero-order valence-electron chi connectivity index (χ0n) is 15.9. The Morgan fingerprint density at radius 2 is 1.83 bits per heavy atom. The maximum atomic E-state index is 12.4. The third kappa shape index (κ3) is 7.03. The summed E-state index contributed by atoms with van der Waals surface area (Å²) in [7, 11) is 0. The summed E-state index contributed by atoms with van der Waals surface area (Å²) in [5.74, 6) is -1.01. The van der Waals surface area contributed by atoms with Gasteiger partial charge in [0.05, 0.1) is 11.6 Å². The van der Waals surface area contributed by atoms with Gasteiger partial charge in [0.2, 0.25) is 0 Å². The third-order valence-electron chi connectivity index (χ3n) is 4.28. The molecule has 0 aliphatic carbocycles. The van der Waals surface area contributed by atoms with E-state index in [1.165, 1.54) is 12.1 Å². The lowest BCUT2D eigenvalue weighted by atomic mass is 9.93. The molecule has 2 aromatic carbocycles. The zero-order chi connectivity index (χ0) is 21.2. The van der Waals surface area contributed by atoms with Crippen LogP contribution in [0.25, 0.3) is 0 Å². The smallest absolute Gasteiger partial charge is 0.412 e. The van der Waals surface area contributed by atoms with E-state index in [2.05, 4.69) is 5.32 Å². The SMILES string of the molecule is C[C@@H](CC/C=C/C(=O)O)[C@H](OC(=O)Nc1ccc(C#N)cc1)c1ccc(O)cc1. The number of amides is 1. The minimum Gasteiger partial charge on any atom is -0.508 e. The normalized spacial score (nSPS) is 12.7. The molecule has 0 aromatic heterocycles. The molecular formula is C22H22N2O5. The van der Waals surface area contributed by atoms with Crippen LogP contribution < -0.4 is 5.32 Å². The highest BCUT2D eigenvalue weighted by atomic mass is 16.6. The second kappa shape index (κ2) is 10.5. The molecule has 0 fully saturated rings. The third-order valence-corrected chi connectivity index (χ3v) is 4.28. The number of ether oxygens (including phenoxy) is 1. The summed E-state index contributed by atoms with van der Waals surface area (Å²) in [6.07, 6.45) is 2.51. The number of carboxylic acid groups (broad SMARTS) is 1. The van der Waals surface area contributed by atoms with Crippen molar-refractivity contribution in [1.29, 1.82) is 5.26 Å². The lowest BCUT2D eigenvalue weighted by Crippen LogP contribution is -2.22. The Balaban J connectivity index is 2.09. The molecule has 2 rings (SSSR count). The largest absolute Gasteiger partial charge is 0.508 e. The van der Waals surface area contributed by atoms with Gasteiger partial charge in [0.25, 0.3) is 0 Å². The fourth-order valence-electron chi connectivity index (χ4n) is 2.76. The first-order valence-electron chi connectivity index (χ1n) is 9.05. The van der Waals surface area contributed by atoms with Gasteiger partial charge in [-0.3, -0.25) is 5.32 Å². The van der Waals surface area contributed by atoms with Crippen LogP contribution in [0.3, 0.4) is 0 Å². The van der Waals surface area contributed by atoms with Gasteiger partial charge in [-0.25, -0.2) is 9.59 Å². The number of hydrogen-bond acceptors (Lipinski definition) is 5. The van der Waals surface area contributed by atoms with Crippen molar-refractivity contribution < 1.29 is 24.5 Å². The first kappa shape index (κ1) is 21.5. The summed E-state index contributed by atoms with van der Waals surface area (Å²) < 4.78 is 5.64. The second-order valence-electron chi connectivity index (χ2n) is 6.53. The summed E-state index contributed by atoms with van der Waals surface area (Å²) in [5, 5.41) is 29.7. The quantitative estimate of drug-likeness (QED) is 0.562. The van der Waals surface area contributed by atoms with E-state index in [1.807, 2.05) is 13.0 Å². The first-order chi connectivity index (χ1) is 13.9. The zero-order valence-corrected chi connectivity index (χ0v) is 15.9. The monoisotopic (exact) mass is 394 g/mol. The van der Waals surface area contributed by atoms with Gasteiger partial charge in [0.1, 0.15) is 11.9 Å². The molecule has 1 amide bonds. The Hall–Kier alpha value is -3.79. The van der Waals surface area contributed by atoms with Gasteiger partial charge in [-0.05, 0) is 60.7 Å². The highest BCUT2D eigenvalue weighted by Gasteiger charge is 2.23. The molecule has 7 heteroatoms. The number of carbonyl (C=O) groups is 2. The predicted octanol–water partition coefficient (Wildman–Crippen LogP) is 4.61. The minimum atomic E-state index is -1.01. The van der Waals surface area contributed by atoms with Crippen LogP contribution in [-0.4, -0.2) is 22.3 Å². The van der Waals surface area contributed by atoms with Crippen molar-refractivity contribution in [1.82, 2.24) is 0 Å². The number of rotatable bonds is 8. The van der Waals surface area contributed by atoms with E-state index in [0.717, 1.165) is 6.08 Å². The van der Waals surface area contributed by atoms with Crippen molar-refractivity contribution in [2.24, 2.45) is 5.92 Å². The number of carbonyl (C=O) groups excluding carboxylic acids is 1. The Bertz CT molecular complexity index is 898. The van der Waals surface area contributed by atoms with E-state index >= 15 is 0 Å². The molecule has 0 heterocycles. The number of anilines is 1. The van der Waals surface area contributed by atoms with E-state index in [9.17, 15) is 14.7 Å². The number of hydrogen-bond donors (Lipinski definition) is 3. The summed E-state index contributed by atoms with van der Waals surface area (Å²) in [6, 6.07) is 14.8. The molecule has 3 N–H and O–H groups in total. The number of nitrogens with zero attached hydrogens (tertiary/aromatic N) is 1. The summed E-state index contributed by atoms with van der Waals surface area (Å²) in [4.78, 5) is 23.0. The van der Waals surface area contributed by atoms with Crippen molar-refractivity contribution in [3.63, 3.8) is 0 Å². The number of carboxylic acids is 1. The Morgan fingerprint density at radius 3 is 2.41 bits per heavy atom. The Labute approximate surface area is 168 Å². The molecule has 2 atom stereocenters. The predicted molar refractivity (Wildman–Crippen MR) is 107 cm³/mol. The van der Waals surface area contributed by atoms with Gasteiger partial charge in [0, 0.05) is 11.8 Å². The number of nitrogens with one attached hydrogen (secondary N) is 1. The first-order valence-corrected chi connectivity index (χ1v) is 9.05. The molecule has 0 aliphatic rings. The van der Waals surface area contributed by atoms with Gasteiger partial charge >= 0.3 is 12.1 Å². The standard InChI is InChI=1S/C22H22N2O5/c1-15(4-2-3-5-20(26)27)21(17-8-12-19(25)13-9-17)29-22(28)24-18-10-6-16(14-23)7-11-18/h3,5-13,15,21,25H,2,4H2,1H3,(H,24,28)(H,26,27)/b5-3+/t15-,21-/m0/s1. The van der Waals surface area contributed by atoms with Crippen LogP contribution in [0.4, 0.5) is 10.5 Å². The van der Waals surface area contributed by atoms with Crippen LogP contribution in [0.1, 0.15) is 37.0 Å². The number of nitriles is 1. The van der Waals surface area contributed by atoms with Gasteiger partial charge in [0.15, 0.2) is 0 Å². The number of allylic oxidation sites excluding steroid dienone is 1. The van der Waals surface area contributed by atoms with Crippen LogP contribution >= 0.6 is 0 Å². The minimum absolute atomic E-state index is 0.103. The molecule has 0 unspecified atom stereocenters. The van der Waals surface area contributed by atoms with Crippen molar-refractivity contribution in [3.05, 3.63) is 71.8 Å². The molecule has 7 nitrogen and oxygen atoms in total. The van der Waals surface area contributed by atoms with E-state index in [-0.39, 0.29) is 11.7 Å². The molecule has 0 saturated heterocycles.